The number of hydrogen-bond donors (Lipinski definition) is 3. The van der Waals surface area contributed by atoms with Crippen LogP contribution < -0.4 is 0 Å². The molecule has 0 fully saturated rings. The molecule has 17 nitrogen and oxygen atoms in total. The number of esters is 4. The third-order valence-corrected chi connectivity index (χ3v) is 22.8. The molecule has 0 aliphatic carbocycles. The van der Waals surface area contributed by atoms with Crippen LogP contribution in [0, 0.1) is 23.7 Å². The molecule has 0 spiro atoms. The maximum absolute atomic E-state index is 13.2. The molecule has 636 valence electrons. The van der Waals surface area contributed by atoms with Crippen molar-refractivity contribution in [1.29, 1.82) is 0 Å². The highest BCUT2D eigenvalue weighted by molar-refractivity contribution is 7.47. The van der Waals surface area contributed by atoms with Gasteiger partial charge in [0.05, 0.1) is 26.4 Å². The van der Waals surface area contributed by atoms with Crippen molar-refractivity contribution in [3.63, 3.8) is 0 Å². The molecule has 0 rings (SSSR count). The molecule has 0 aromatic heterocycles. The van der Waals surface area contributed by atoms with Crippen molar-refractivity contribution in [3.8, 4) is 0 Å². The highest BCUT2D eigenvalue weighted by Crippen LogP contribution is 2.45. The summed E-state index contributed by atoms with van der Waals surface area (Å²) in [5, 5.41) is 10.7. The zero-order valence-corrected chi connectivity index (χ0v) is 72.6. The van der Waals surface area contributed by atoms with E-state index in [1.807, 2.05) is 0 Å². The third-order valence-electron chi connectivity index (χ3n) is 20.9. The molecular formula is C88H172O17P2. The van der Waals surface area contributed by atoms with E-state index in [2.05, 4.69) is 55.4 Å². The summed E-state index contributed by atoms with van der Waals surface area (Å²) in [5.74, 6) is 1.05. The standard InChI is InChI=1S/C88H172O17P2/c1-9-81(8)67-59-51-46-47-53-61-69-86(91)99-75-84(105-88(93)71-63-54-44-38-32-26-18-13-11-10-12-16-22-28-34-40-48-56-64-78(2)3)77-103-107(96,97)101-73-82(89)72-100-106(94,95)102-76-83(74-98-85(90)68-60-52-43-37-31-25-21-20-24-30-36-42-50-58-66-80(6)7)104-87(92)70-62-55-45-39-33-27-19-15-14-17-23-29-35-41-49-57-65-79(4)5/h78-84,89H,9-77H2,1-8H3,(H,94,95)(H,96,97)/t81?,82-,83-,84-/m1/s1. The average molecular weight is 1560 g/mol. The summed E-state index contributed by atoms with van der Waals surface area (Å²) in [7, 11) is -9.93. The van der Waals surface area contributed by atoms with Crippen LogP contribution in [0.1, 0.15) is 460 Å². The van der Waals surface area contributed by atoms with Gasteiger partial charge >= 0.3 is 39.5 Å². The van der Waals surface area contributed by atoms with E-state index >= 15 is 0 Å². The molecule has 0 heterocycles. The predicted octanol–water partition coefficient (Wildman–Crippen LogP) is 26.7. The molecule has 0 aliphatic heterocycles. The summed E-state index contributed by atoms with van der Waals surface area (Å²) in [6.07, 6.45) is 66.7. The van der Waals surface area contributed by atoms with Crippen molar-refractivity contribution in [1.82, 2.24) is 0 Å². The molecule has 0 aromatic carbocycles. The van der Waals surface area contributed by atoms with E-state index in [1.54, 1.807) is 0 Å². The Kier molecular flexibility index (Phi) is 75.3. The Balaban J connectivity index is 5.22. The molecule has 107 heavy (non-hydrogen) atoms. The van der Waals surface area contributed by atoms with Gasteiger partial charge in [-0.25, -0.2) is 9.13 Å². The number of carbonyl (C=O) groups excluding carboxylic acids is 4. The summed E-state index contributed by atoms with van der Waals surface area (Å²) in [5.41, 5.74) is 0. The Hall–Kier alpha value is -1.94. The van der Waals surface area contributed by atoms with Crippen LogP contribution in [0.15, 0.2) is 0 Å². The molecule has 6 atom stereocenters. The lowest BCUT2D eigenvalue weighted by molar-refractivity contribution is -0.161. The normalized spacial score (nSPS) is 14.1. The van der Waals surface area contributed by atoms with Crippen molar-refractivity contribution in [3.05, 3.63) is 0 Å². The largest absolute Gasteiger partial charge is 0.472 e. The lowest BCUT2D eigenvalue weighted by atomic mass is 10.00. The number of hydrogen-bond acceptors (Lipinski definition) is 15. The summed E-state index contributed by atoms with van der Waals surface area (Å²) < 4.78 is 69.0. The first kappa shape index (κ1) is 105. The first-order valence-electron chi connectivity index (χ1n) is 45.2. The van der Waals surface area contributed by atoms with Gasteiger partial charge in [-0.1, -0.05) is 409 Å². The number of carbonyl (C=O) groups is 4. The number of phosphoric acid groups is 2. The zero-order valence-electron chi connectivity index (χ0n) is 70.8. The number of rotatable bonds is 85. The van der Waals surface area contributed by atoms with Gasteiger partial charge in [-0.2, -0.15) is 0 Å². The fourth-order valence-corrected chi connectivity index (χ4v) is 15.2. The minimum Gasteiger partial charge on any atom is -0.462 e. The predicted molar refractivity (Wildman–Crippen MR) is 441 cm³/mol. The van der Waals surface area contributed by atoms with Gasteiger partial charge in [-0.05, 0) is 49.4 Å². The van der Waals surface area contributed by atoms with Crippen LogP contribution in [0.2, 0.25) is 0 Å². The monoisotopic (exact) mass is 1560 g/mol. The second kappa shape index (κ2) is 76.7. The van der Waals surface area contributed by atoms with Gasteiger partial charge in [-0.15, -0.1) is 0 Å². The first-order valence-corrected chi connectivity index (χ1v) is 48.2. The Morgan fingerprint density at radius 2 is 0.449 bits per heavy atom. The van der Waals surface area contributed by atoms with E-state index in [0.717, 1.165) is 120 Å². The molecule has 3 unspecified atom stereocenters. The third kappa shape index (κ3) is 80.5. The second-order valence-corrected chi connectivity index (χ2v) is 36.2. The minimum atomic E-state index is -4.97. The van der Waals surface area contributed by atoms with E-state index in [4.69, 9.17) is 37.0 Å². The number of phosphoric ester groups is 2. The molecule has 0 saturated carbocycles. The maximum Gasteiger partial charge on any atom is 0.472 e. The number of aliphatic hydroxyl groups excluding tert-OH is 1. The molecule has 3 N–H and O–H groups in total. The van der Waals surface area contributed by atoms with Crippen molar-refractivity contribution in [2.75, 3.05) is 39.6 Å². The van der Waals surface area contributed by atoms with Crippen molar-refractivity contribution in [2.45, 2.75) is 478 Å². The van der Waals surface area contributed by atoms with Gasteiger partial charge in [0.15, 0.2) is 12.2 Å². The van der Waals surface area contributed by atoms with Crippen LogP contribution in [-0.4, -0.2) is 96.7 Å². The topological polar surface area (TPSA) is 237 Å². The zero-order chi connectivity index (χ0) is 78.8. The van der Waals surface area contributed by atoms with Crippen LogP contribution in [0.4, 0.5) is 0 Å². The van der Waals surface area contributed by atoms with E-state index in [-0.39, 0.29) is 25.7 Å². The molecule has 0 bridgehead atoms. The summed E-state index contributed by atoms with van der Waals surface area (Å²) >= 11 is 0. The van der Waals surface area contributed by atoms with Gasteiger partial charge in [0.1, 0.15) is 19.3 Å². The van der Waals surface area contributed by atoms with Crippen LogP contribution in [0.3, 0.4) is 0 Å². The molecule has 0 aliphatic rings. The van der Waals surface area contributed by atoms with E-state index < -0.39 is 97.5 Å². The molecule has 0 radical (unpaired) electrons. The first-order chi connectivity index (χ1) is 51.6. The van der Waals surface area contributed by atoms with Gasteiger partial charge in [0.25, 0.3) is 0 Å². The van der Waals surface area contributed by atoms with Gasteiger partial charge < -0.3 is 33.8 Å². The van der Waals surface area contributed by atoms with E-state index in [9.17, 15) is 43.2 Å². The van der Waals surface area contributed by atoms with Gasteiger partial charge in [-0.3, -0.25) is 37.3 Å². The summed E-state index contributed by atoms with van der Waals surface area (Å²) in [6.45, 7) is 14.3. The van der Waals surface area contributed by atoms with Gasteiger partial charge in [0.2, 0.25) is 0 Å². The van der Waals surface area contributed by atoms with Crippen LogP contribution in [0.5, 0.6) is 0 Å². The number of unbranched alkanes of at least 4 members (excludes halogenated alkanes) is 50. The Labute approximate surface area is 658 Å². The SMILES string of the molecule is CCC(C)CCCCCCCCC(=O)OC[C@H](COP(=O)(O)OC[C@H](O)COP(=O)(O)OC[C@@H](COC(=O)CCCCCCCCCCCCCCCCC(C)C)OC(=O)CCCCCCCCCCCCCCCCCCC(C)C)OC(=O)CCCCCCCCCCCCCCCCCCCCC(C)C. The molecule has 0 amide bonds. The fourth-order valence-electron chi connectivity index (χ4n) is 13.6. The van der Waals surface area contributed by atoms with Crippen LogP contribution >= 0.6 is 15.6 Å². The smallest absolute Gasteiger partial charge is 0.462 e. The average Bonchev–Trinajstić information content (AvgIpc) is 0.900. The quantitative estimate of drug-likeness (QED) is 0.0222. The molecule has 0 saturated heterocycles. The molecule has 19 heteroatoms. The lowest BCUT2D eigenvalue weighted by Gasteiger charge is -2.21. The van der Waals surface area contributed by atoms with E-state index in [1.165, 1.54) is 257 Å². The van der Waals surface area contributed by atoms with Crippen molar-refractivity contribution in [2.24, 2.45) is 23.7 Å². The number of aliphatic hydroxyl groups is 1. The molecular weight excluding hydrogens is 1390 g/mol. The fraction of sp³-hybridized carbons (Fsp3) is 0.955. The molecule has 0 aromatic rings. The van der Waals surface area contributed by atoms with E-state index in [0.29, 0.717) is 25.7 Å². The van der Waals surface area contributed by atoms with Crippen molar-refractivity contribution >= 4 is 39.5 Å². The highest BCUT2D eigenvalue weighted by Gasteiger charge is 2.31. The summed E-state index contributed by atoms with van der Waals surface area (Å²) in [6, 6.07) is 0. The number of ether oxygens (including phenoxy) is 4. The second-order valence-electron chi connectivity index (χ2n) is 33.3. The minimum absolute atomic E-state index is 0.107. The highest BCUT2D eigenvalue weighted by atomic mass is 31.2. The Morgan fingerprint density at radius 3 is 0.664 bits per heavy atom. The maximum atomic E-state index is 13.2. The Morgan fingerprint density at radius 1 is 0.262 bits per heavy atom. The Bertz CT molecular complexity index is 2080. The summed E-state index contributed by atoms with van der Waals surface area (Å²) in [4.78, 5) is 73.3. The van der Waals surface area contributed by atoms with Gasteiger partial charge in [0, 0.05) is 25.7 Å². The lowest BCUT2D eigenvalue weighted by Crippen LogP contribution is -2.30. The van der Waals surface area contributed by atoms with Crippen molar-refractivity contribution < 1.29 is 80.2 Å². The van der Waals surface area contributed by atoms with Crippen LogP contribution in [0.25, 0.3) is 0 Å². The van der Waals surface area contributed by atoms with Crippen LogP contribution in [-0.2, 0) is 65.4 Å².